The van der Waals surface area contributed by atoms with Crippen molar-refractivity contribution in [2.45, 2.75) is 64.6 Å². The summed E-state index contributed by atoms with van der Waals surface area (Å²) in [6.07, 6.45) is 2.70. The monoisotopic (exact) mass is 290 g/mol. The number of aryl methyl sites for hydroxylation is 1. The molecule has 0 spiro atoms. The largest absolute Gasteiger partial charge is 0.481 e. The van der Waals surface area contributed by atoms with Crippen LogP contribution in [0.2, 0.25) is 0 Å². The highest BCUT2D eigenvalue weighted by atomic mass is 16.5. The highest BCUT2D eigenvalue weighted by Crippen LogP contribution is 2.31. The van der Waals surface area contributed by atoms with E-state index in [9.17, 15) is 4.79 Å². The molecule has 0 aromatic heterocycles. The smallest absolute Gasteiger partial charge is 0.261 e. The average molecular weight is 290 g/mol. The molecule has 4 heteroatoms. The molecule has 0 radical (unpaired) electrons. The van der Waals surface area contributed by atoms with Gasteiger partial charge < -0.3 is 15.8 Å². The van der Waals surface area contributed by atoms with E-state index in [1.165, 1.54) is 5.56 Å². The highest BCUT2D eigenvalue weighted by Gasteiger charge is 2.22. The Bertz CT molecular complexity index is 520. The molecule has 0 bridgehead atoms. The third-order valence-corrected chi connectivity index (χ3v) is 3.66. The van der Waals surface area contributed by atoms with Crippen LogP contribution in [-0.4, -0.2) is 17.6 Å². The molecule has 21 heavy (non-hydrogen) atoms. The lowest BCUT2D eigenvalue weighted by Crippen LogP contribution is -2.46. The molecule has 1 aromatic rings. The Kier molecular flexibility index (Phi) is 4.57. The first-order valence-corrected chi connectivity index (χ1v) is 7.63. The van der Waals surface area contributed by atoms with Crippen LogP contribution in [0.5, 0.6) is 5.75 Å². The van der Waals surface area contributed by atoms with Crippen molar-refractivity contribution in [3.05, 3.63) is 29.3 Å². The lowest BCUT2D eigenvalue weighted by atomic mass is 9.88. The summed E-state index contributed by atoms with van der Waals surface area (Å²) < 4.78 is 5.77. The Morgan fingerprint density at radius 2 is 2.14 bits per heavy atom. The summed E-state index contributed by atoms with van der Waals surface area (Å²) in [7, 11) is 0. The molecule has 1 aromatic carbocycles. The fourth-order valence-corrected chi connectivity index (χ4v) is 2.62. The topological polar surface area (TPSA) is 64.3 Å². The number of rotatable bonds is 3. The number of carbonyl (C=O) groups excluding carboxylic acids is 1. The van der Waals surface area contributed by atoms with Crippen molar-refractivity contribution in [3.63, 3.8) is 0 Å². The minimum atomic E-state index is -0.526. The molecule has 0 heterocycles. The molecule has 1 unspecified atom stereocenters. The second-order valence-electron chi connectivity index (χ2n) is 6.86. The number of benzene rings is 1. The van der Waals surface area contributed by atoms with Gasteiger partial charge in [0.05, 0.1) is 0 Å². The zero-order chi connectivity index (χ0) is 15.6. The van der Waals surface area contributed by atoms with Gasteiger partial charge in [0.1, 0.15) is 5.75 Å². The molecular weight excluding hydrogens is 264 g/mol. The van der Waals surface area contributed by atoms with Crippen molar-refractivity contribution in [1.82, 2.24) is 5.32 Å². The van der Waals surface area contributed by atoms with Gasteiger partial charge in [-0.3, -0.25) is 4.79 Å². The number of hydrogen-bond donors (Lipinski definition) is 2. The van der Waals surface area contributed by atoms with E-state index in [0.717, 1.165) is 24.8 Å². The van der Waals surface area contributed by atoms with Gasteiger partial charge in [-0.2, -0.15) is 0 Å². The summed E-state index contributed by atoms with van der Waals surface area (Å²) in [5.74, 6) is 0.604. The molecule has 0 saturated heterocycles. The van der Waals surface area contributed by atoms with E-state index in [0.29, 0.717) is 5.75 Å². The molecule has 2 atom stereocenters. The lowest BCUT2D eigenvalue weighted by molar-refractivity contribution is -0.128. The maximum Gasteiger partial charge on any atom is 0.261 e. The van der Waals surface area contributed by atoms with Gasteiger partial charge in [-0.1, -0.05) is 6.07 Å². The second-order valence-corrected chi connectivity index (χ2v) is 6.86. The van der Waals surface area contributed by atoms with Crippen LogP contribution in [0.1, 0.15) is 57.7 Å². The molecule has 1 aliphatic carbocycles. The molecular formula is C17H26N2O2. The van der Waals surface area contributed by atoms with Crippen molar-refractivity contribution in [2.24, 2.45) is 5.73 Å². The number of fused-ring (bicyclic) bond motifs is 1. The molecule has 4 nitrogen and oxygen atoms in total. The maximum atomic E-state index is 12.1. The van der Waals surface area contributed by atoms with Crippen LogP contribution in [-0.2, 0) is 11.2 Å². The molecule has 2 rings (SSSR count). The predicted molar refractivity (Wildman–Crippen MR) is 84.3 cm³/mol. The van der Waals surface area contributed by atoms with Gasteiger partial charge in [0.25, 0.3) is 5.91 Å². The summed E-state index contributed by atoms with van der Waals surface area (Å²) in [6.45, 7) is 7.63. The average Bonchev–Trinajstić information content (AvgIpc) is 2.37. The van der Waals surface area contributed by atoms with Crippen LogP contribution in [0.25, 0.3) is 0 Å². The summed E-state index contributed by atoms with van der Waals surface area (Å²) in [4.78, 5) is 12.1. The number of nitrogens with one attached hydrogen (secondary N) is 1. The predicted octanol–water partition coefficient (Wildman–Crippen LogP) is 2.70. The fraction of sp³-hybridized carbons (Fsp3) is 0.588. The van der Waals surface area contributed by atoms with Crippen LogP contribution >= 0.6 is 0 Å². The zero-order valence-corrected chi connectivity index (χ0v) is 13.4. The molecule has 116 valence electrons. The molecule has 0 saturated carbocycles. The van der Waals surface area contributed by atoms with Gasteiger partial charge in [0, 0.05) is 11.6 Å². The minimum absolute atomic E-state index is 0.0796. The second kappa shape index (κ2) is 6.06. The van der Waals surface area contributed by atoms with Crippen molar-refractivity contribution in [2.75, 3.05) is 0 Å². The Morgan fingerprint density at radius 1 is 1.43 bits per heavy atom. The number of hydrogen-bond acceptors (Lipinski definition) is 3. The Hall–Kier alpha value is -1.55. The van der Waals surface area contributed by atoms with Crippen molar-refractivity contribution < 1.29 is 9.53 Å². The van der Waals surface area contributed by atoms with Crippen molar-refractivity contribution in [1.29, 1.82) is 0 Å². The van der Waals surface area contributed by atoms with E-state index >= 15 is 0 Å². The zero-order valence-electron chi connectivity index (χ0n) is 13.4. The van der Waals surface area contributed by atoms with Crippen LogP contribution in [0, 0.1) is 0 Å². The number of nitrogens with two attached hydrogens (primary N) is 1. The van der Waals surface area contributed by atoms with Gasteiger partial charge in [-0.15, -0.1) is 0 Å². The van der Waals surface area contributed by atoms with E-state index in [4.69, 9.17) is 10.5 Å². The fourth-order valence-electron chi connectivity index (χ4n) is 2.62. The SMILES string of the molecule is CC(Oc1ccc2c(c1)[C@@H](N)CCC2)C(=O)NC(C)(C)C. The highest BCUT2D eigenvalue weighted by molar-refractivity contribution is 5.81. The lowest BCUT2D eigenvalue weighted by Gasteiger charge is -2.25. The number of ether oxygens (including phenoxy) is 1. The molecule has 1 amide bonds. The van der Waals surface area contributed by atoms with Gasteiger partial charge in [-0.05, 0) is 70.2 Å². The van der Waals surface area contributed by atoms with Crippen LogP contribution < -0.4 is 15.8 Å². The Morgan fingerprint density at radius 3 is 2.81 bits per heavy atom. The summed E-state index contributed by atoms with van der Waals surface area (Å²) in [5.41, 5.74) is 8.35. The Balaban J connectivity index is 2.06. The van der Waals surface area contributed by atoms with Crippen molar-refractivity contribution >= 4 is 5.91 Å². The number of amides is 1. The first kappa shape index (κ1) is 15.8. The molecule has 0 aliphatic heterocycles. The van der Waals surface area contributed by atoms with Crippen LogP contribution in [0.3, 0.4) is 0 Å². The van der Waals surface area contributed by atoms with Gasteiger partial charge >= 0.3 is 0 Å². The third kappa shape index (κ3) is 4.21. The van der Waals surface area contributed by atoms with Crippen molar-refractivity contribution in [3.8, 4) is 5.75 Å². The van der Waals surface area contributed by atoms with E-state index in [2.05, 4.69) is 11.4 Å². The van der Waals surface area contributed by atoms with E-state index in [1.54, 1.807) is 6.92 Å². The summed E-state index contributed by atoms with van der Waals surface area (Å²) >= 11 is 0. The molecule has 3 N–H and O–H groups in total. The minimum Gasteiger partial charge on any atom is -0.481 e. The Labute approximate surface area is 127 Å². The first-order chi connectivity index (χ1) is 9.76. The van der Waals surface area contributed by atoms with Crippen LogP contribution in [0.4, 0.5) is 0 Å². The van der Waals surface area contributed by atoms with Gasteiger partial charge in [0.2, 0.25) is 0 Å². The van der Waals surface area contributed by atoms with E-state index in [-0.39, 0.29) is 17.5 Å². The number of carbonyl (C=O) groups is 1. The normalized spacial score (nSPS) is 19.6. The maximum absolute atomic E-state index is 12.1. The van der Waals surface area contributed by atoms with Crippen LogP contribution in [0.15, 0.2) is 18.2 Å². The molecule has 0 fully saturated rings. The van der Waals surface area contributed by atoms with Gasteiger partial charge in [0.15, 0.2) is 6.10 Å². The summed E-state index contributed by atoms with van der Waals surface area (Å²) in [6, 6.07) is 6.06. The molecule has 1 aliphatic rings. The van der Waals surface area contributed by atoms with E-state index < -0.39 is 6.10 Å². The third-order valence-electron chi connectivity index (χ3n) is 3.66. The standard InChI is InChI=1S/C17H26N2O2/c1-11(16(20)19-17(2,3)4)21-13-9-8-12-6-5-7-15(18)14(12)10-13/h8-11,15H,5-7,18H2,1-4H3,(H,19,20)/t11?,15-/m0/s1. The van der Waals surface area contributed by atoms with E-state index in [1.807, 2.05) is 32.9 Å². The first-order valence-electron chi connectivity index (χ1n) is 7.63. The van der Waals surface area contributed by atoms with Gasteiger partial charge in [-0.25, -0.2) is 0 Å². The quantitative estimate of drug-likeness (QED) is 0.899. The summed E-state index contributed by atoms with van der Waals surface area (Å²) in [5, 5.41) is 2.92.